The van der Waals surface area contributed by atoms with Gasteiger partial charge in [0.15, 0.2) is 22.4 Å². The van der Waals surface area contributed by atoms with Gasteiger partial charge in [0.2, 0.25) is 5.75 Å². The van der Waals surface area contributed by atoms with Crippen molar-refractivity contribution in [3.8, 4) is 17.2 Å². The quantitative estimate of drug-likeness (QED) is 0.267. The number of thioether (sulfide) groups is 1. The molecule has 0 saturated heterocycles. The van der Waals surface area contributed by atoms with Gasteiger partial charge in [-0.05, 0) is 41.2 Å². The van der Waals surface area contributed by atoms with Crippen LogP contribution in [0.1, 0.15) is 49.3 Å². The minimum absolute atomic E-state index is 0.00489. The Bertz CT molecular complexity index is 1520. The minimum atomic E-state index is -0.660. The number of halogens is 1. The zero-order chi connectivity index (χ0) is 27.9. The molecule has 10 heteroatoms. The number of hydrogen-bond acceptors (Lipinski definition) is 8. The van der Waals surface area contributed by atoms with Crippen LogP contribution in [0.15, 0.2) is 57.6 Å². The van der Waals surface area contributed by atoms with E-state index in [0.29, 0.717) is 68.5 Å². The van der Waals surface area contributed by atoms with Crippen molar-refractivity contribution >= 4 is 35.0 Å². The van der Waals surface area contributed by atoms with E-state index in [2.05, 4.69) is 24.1 Å². The Labute approximate surface area is 236 Å². The molecule has 0 saturated carbocycles. The third-order valence-electron chi connectivity index (χ3n) is 7.04. The van der Waals surface area contributed by atoms with E-state index >= 15 is 0 Å². The molecule has 0 fully saturated rings. The van der Waals surface area contributed by atoms with Gasteiger partial charge in [0.25, 0.3) is 5.56 Å². The fourth-order valence-corrected chi connectivity index (χ4v) is 6.47. The van der Waals surface area contributed by atoms with Crippen molar-refractivity contribution < 1.29 is 19.0 Å². The van der Waals surface area contributed by atoms with Crippen LogP contribution in [0.25, 0.3) is 0 Å². The van der Waals surface area contributed by atoms with Gasteiger partial charge in [-0.15, -0.1) is 0 Å². The van der Waals surface area contributed by atoms with E-state index in [9.17, 15) is 9.59 Å². The fourth-order valence-electron chi connectivity index (χ4n) is 5.32. The van der Waals surface area contributed by atoms with Crippen LogP contribution in [-0.2, 0) is 10.5 Å². The number of aromatic nitrogens is 2. The van der Waals surface area contributed by atoms with E-state index in [1.165, 1.54) is 33.1 Å². The molecule has 0 bridgehead atoms. The molecule has 1 aliphatic heterocycles. The first kappa shape index (κ1) is 27.1. The first-order valence-corrected chi connectivity index (χ1v) is 13.9. The number of H-pyrrole nitrogens is 1. The van der Waals surface area contributed by atoms with Crippen molar-refractivity contribution in [1.29, 1.82) is 0 Å². The van der Waals surface area contributed by atoms with Crippen molar-refractivity contribution in [1.82, 2.24) is 9.97 Å². The lowest BCUT2D eigenvalue weighted by Gasteiger charge is -2.38. The highest BCUT2D eigenvalue weighted by atomic mass is 35.5. The average Bonchev–Trinajstić information content (AvgIpc) is 2.89. The standard InChI is InChI=1S/C29H30ClN3O5S/c1-29(2)12-18-23(19(34)13-29)22(16-10-20(36-3)25(38-5)21(11-16)37-4)24-26(31-18)32-28(33-27(24)35)39-14-15-8-6-7-9-17(15)30/h6-11,22H,12-14H2,1-5H3,(H2,31,32,33,35)/t22-/m1/s1. The monoisotopic (exact) mass is 567 g/mol. The van der Waals surface area contributed by atoms with E-state index in [0.717, 1.165) is 11.3 Å². The first-order chi connectivity index (χ1) is 18.7. The van der Waals surface area contributed by atoms with Crippen LogP contribution in [0.3, 0.4) is 0 Å². The molecule has 39 heavy (non-hydrogen) atoms. The largest absolute Gasteiger partial charge is 0.493 e. The fraction of sp³-hybridized carbons (Fsp3) is 0.345. The van der Waals surface area contributed by atoms with Crippen LogP contribution in [0, 0.1) is 5.41 Å². The summed E-state index contributed by atoms with van der Waals surface area (Å²) in [4.78, 5) is 35.0. The van der Waals surface area contributed by atoms with Gasteiger partial charge in [0, 0.05) is 34.4 Å². The van der Waals surface area contributed by atoms with Gasteiger partial charge in [0.1, 0.15) is 5.82 Å². The maximum absolute atomic E-state index is 13.7. The number of allylic oxidation sites excluding steroid dienone is 2. The summed E-state index contributed by atoms with van der Waals surface area (Å²) in [6.07, 6.45) is 1.02. The molecule has 0 spiro atoms. The number of anilines is 1. The number of Topliss-reactive ketones (excluding diaryl/α,β-unsaturated/α-hetero) is 1. The minimum Gasteiger partial charge on any atom is -0.493 e. The Morgan fingerprint density at radius 3 is 2.38 bits per heavy atom. The number of fused-ring (bicyclic) bond motifs is 1. The van der Waals surface area contributed by atoms with Crippen molar-refractivity contribution in [3.05, 3.63) is 79.7 Å². The number of carbonyl (C=O) groups excluding carboxylic acids is 1. The van der Waals surface area contributed by atoms with E-state index in [-0.39, 0.29) is 16.8 Å². The third-order valence-corrected chi connectivity index (χ3v) is 8.33. The van der Waals surface area contributed by atoms with Gasteiger partial charge in [-0.1, -0.05) is 55.4 Å². The molecule has 0 radical (unpaired) electrons. The topological polar surface area (TPSA) is 103 Å². The Kier molecular flexibility index (Phi) is 7.39. The maximum Gasteiger partial charge on any atom is 0.257 e. The number of nitrogens with zero attached hydrogens (tertiary/aromatic N) is 1. The summed E-state index contributed by atoms with van der Waals surface area (Å²) in [5, 5.41) is 4.47. The van der Waals surface area contributed by atoms with E-state index in [1.54, 1.807) is 12.1 Å². The molecule has 2 aliphatic rings. The molecule has 0 amide bonds. The molecular weight excluding hydrogens is 538 g/mol. The molecule has 8 nitrogen and oxygen atoms in total. The Hall–Kier alpha value is -3.43. The summed E-state index contributed by atoms with van der Waals surface area (Å²) in [5.41, 5.74) is 2.79. The first-order valence-electron chi connectivity index (χ1n) is 12.5. The number of ether oxygens (including phenoxy) is 3. The van der Waals surface area contributed by atoms with Gasteiger partial charge in [-0.25, -0.2) is 4.98 Å². The van der Waals surface area contributed by atoms with Crippen molar-refractivity contribution in [2.24, 2.45) is 5.41 Å². The highest BCUT2D eigenvalue weighted by Gasteiger charge is 2.43. The number of hydrogen-bond donors (Lipinski definition) is 2. The number of carbonyl (C=O) groups is 1. The molecule has 2 N–H and O–H groups in total. The average molecular weight is 568 g/mol. The highest BCUT2D eigenvalue weighted by Crippen LogP contribution is 2.50. The molecule has 0 unspecified atom stereocenters. The van der Waals surface area contributed by atoms with Crippen molar-refractivity contribution in [2.45, 2.75) is 43.5 Å². The summed E-state index contributed by atoms with van der Waals surface area (Å²) in [6.45, 7) is 4.13. The second-order valence-electron chi connectivity index (χ2n) is 10.4. The van der Waals surface area contributed by atoms with Crippen LogP contribution in [-0.4, -0.2) is 37.1 Å². The Morgan fingerprint density at radius 2 is 1.74 bits per heavy atom. The SMILES string of the molecule is COc1cc([C@@H]2C3=C(CC(C)(C)CC3=O)Nc3nc(SCc4ccccc4Cl)[nH]c(=O)c32)cc(OC)c1OC. The van der Waals surface area contributed by atoms with Crippen LogP contribution in [0.4, 0.5) is 5.82 Å². The summed E-state index contributed by atoms with van der Waals surface area (Å²) < 4.78 is 16.7. The predicted octanol–water partition coefficient (Wildman–Crippen LogP) is 5.94. The number of rotatable bonds is 7. The van der Waals surface area contributed by atoms with Gasteiger partial charge >= 0.3 is 0 Å². The van der Waals surface area contributed by atoms with Crippen molar-refractivity contribution in [3.63, 3.8) is 0 Å². The molecule has 1 aliphatic carbocycles. The predicted molar refractivity (Wildman–Crippen MR) is 152 cm³/mol. The van der Waals surface area contributed by atoms with E-state index in [1.807, 2.05) is 24.3 Å². The van der Waals surface area contributed by atoms with Gasteiger partial charge in [-0.2, -0.15) is 0 Å². The number of benzene rings is 2. The zero-order valence-electron chi connectivity index (χ0n) is 22.4. The Morgan fingerprint density at radius 1 is 1.05 bits per heavy atom. The lowest BCUT2D eigenvalue weighted by Crippen LogP contribution is -2.37. The van der Waals surface area contributed by atoms with Crippen molar-refractivity contribution in [2.75, 3.05) is 26.6 Å². The van der Waals surface area contributed by atoms with E-state index < -0.39 is 5.92 Å². The molecule has 5 rings (SSSR count). The van der Waals surface area contributed by atoms with Gasteiger partial charge < -0.3 is 24.5 Å². The van der Waals surface area contributed by atoms with Crippen LogP contribution < -0.4 is 25.1 Å². The molecule has 1 atom stereocenters. The second kappa shape index (κ2) is 10.6. The van der Waals surface area contributed by atoms with Gasteiger partial charge in [0.05, 0.1) is 26.9 Å². The normalized spacial score (nSPS) is 17.7. The number of aromatic amines is 1. The highest BCUT2D eigenvalue weighted by molar-refractivity contribution is 7.98. The second-order valence-corrected chi connectivity index (χ2v) is 11.7. The van der Waals surface area contributed by atoms with Crippen LogP contribution in [0.2, 0.25) is 5.02 Å². The number of nitrogens with one attached hydrogen (secondary N) is 2. The number of ketones is 1. The third kappa shape index (κ3) is 5.13. The zero-order valence-corrected chi connectivity index (χ0v) is 24.0. The maximum atomic E-state index is 13.7. The van der Waals surface area contributed by atoms with Crippen LogP contribution >= 0.6 is 23.4 Å². The lowest BCUT2D eigenvalue weighted by atomic mass is 9.69. The molecular formula is C29H30ClN3O5S. The summed E-state index contributed by atoms with van der Waals surface area (Å²) >= 11 is 7.71. The Balaban J connectivity index is 1.65. The molecule has 204 valence electrons. The summed E-state index contributed by atoms with van der Waals surface area (Å²) in [5.74, 6) is 1.62. The van der Waals surface area contributed by atoms with Gasteiger partial charge in [-0.3, -0.25) is 9.59 Å². The lowest BCUT2D eigenvalue weighted by molar-refractivity contribution is -0.118. The summed E-state index contributed by atoms with van der Waals surface area (Å²) in [6, 6.07) is 11.2. The molecule has 3 aromatic rings. The summed E-state index contributed by atoms with van der Waals surface area (Å²) in [7, 11) is 4.60. The molecule has 1 aromatic heterocycles. The van der Waals surface area contributed by atoms with Crippen LogP contribution in [0.5, 0.6) is 17.2 Å². The molecule has 2 heterocycles. The smallest absolute Gasteiger partial charge is 0.257 e. The molecule has 2 aromatic carbocycles. The number of methoxy groups -OCH3 is 3. The van der Waals surface area contributed by atoms with E-state index in [4.69, 9.17) is 30.8 Å².